The molecule has 4 rings (SSSR count). The van der Waals surface area contributed by atoms with Gasteiger partial charge in [-0.25, -0.2) is 13.1 Å². The third kappa shape index (κ3) is 5.29. The fourth-order valence-corrected chi connectivity index (χ4v) is 6.51. The molecular formula is C28H42N2O3S. The second kappa shape index (κ2) is 9.11. The highest BCUT2D eigenvalue weighted by Crippen LogP contribution is 2.38. The molecule has 0 bridgehead atoms. The first-order chi connectivity index (χ1) is 15.8. The van der Waals surface area contributed by atoms with Gasteiger partial charge in [0.2, 0.25) is 10.0 Å². The highest BCUT2D eigenvalue weighted by Gasteiger charge is 2.31. The predicted molar refractivity (Wildman–Crippen MR) is 139 cm³/mol. The van der Waals surface area contributed by atoms with Gasteiger partial charge >= 0.3 is 0 Å². The Kier molecular flexibility index (Phi) is 6.82. The van der Waals surface area contributed by atoms with Gasteiger partial charge in [-0.3, -0.25) is 0 Å². The van der Waals surface area contributed by atoms with E-state index in [9.17, 15) is 8.42 Å². The standard InChI is InChI=1S/C28H42N2O3S/c1-19-26(34(31,32)29-24-17-33-18-24)15-25(30(19)16-20-10-8-9-11-20)21-12-22(27(2,3)4)14-23(13-21)28(5,6)7/h12-15,20,24,29H,8-11,16-18H2,1-7H3. The van der Waals surface area contributed by atoms with Gasteiger partial charge in [0, 0.05) is 17.9 Å². The Labute approximate surface area is 206 Å². The smallest absolute Gasteiger partial charge is 0.242 e. The van der Waals surface area contributed by atoms with E-state index in [4.69, 9.17) is 4.74 Å². The Morgan fingerprint density at radius 3 is 1.97 bits per heavy atom. The summed E-state index contributed by atoms with van der Waals surface area (Å²) in [6, 6.07) is 8.61. The minimum absolute atomic E-state index is 0.00534. The molecule has 5 nitrogen and oxygen atoms in total. The molecule has 2 heterocycles. The van der Waals surface area contributed by atoms with Gasteiger partial charge in [-0.05, 0) is 71.4 Å². The molecule has 2 aromatic rings. The summed E-state index contributed by atoms with van der Waals surface area (Å²) in [6.45, 7) is 17.1. The number of benzene rings is 1. The molecule has 0 radical (unpaired) electrons. The van der Waals surface area contributed by atoms with Crippen molar-refractivity contribution in [3.8, 4) is 11.3 Å². The second-order valence-electron chi connectivity index (χ2n) is 12.4. The zero-order valence-corrected chi connectivity index (χ0v) is 22.8. The van der Waals surface area contributed by atoms with Crippen molar-refractivity contribution in [2.45, 2.75) is 102 Å². The van der Waals surface area contributed by atoms with Gasteiger partial charge in [0.25, 0.3) is 0 Å². The number of aromatic nitrogens is 1. The Balaban J connectivity index is 1.87. The van der Waals surface area contributed by atoms with Crippen molar-refractivity contribution in [2.75, 3.05) is 13.2 Å². The molecule has 6 heteroatoms. The van der Waals surface area contributed by atoms with E-state index in [1.165, 1.54) is 36.8 Å². The molecule has 1 aliphatic heterocycles. The summed E-state index contributed by atoms with van der Waals surface area (Å²) < 4.78 is 37.0. The van der Waals surface area contributed by atoms with Crippen LogP contribution in [0.1, 0.15) is 84.0 Å². The molecule has 1 saturated heterocycles. The molecule has 1 aromatic heterocycles. The average Bonchev–Trinajstić information content (AvgIpc) is 3.32. The molecule has 188 valence electrons. The third-order valence-electron chi connectivity index (χ3n) is 7.45. The van der Waals surface area contributed by atoms with Gasteiger partial charge in [-0.15, -0.1) is 0 Å². The fraction of sp³-hybridized carbons (Fsp3) is 0.643. The molecule has 0 atom stereocenters. The first-order valence-electron chi connectivity index (χ1n) is 12.7. The number of nitrogens with one attached hydrogen (secondary N) is 1. The summed E-state index contributed by atoms with van der Waals surface area (Å²) in [4.78, 5) is 0.394. The van der Waals surface area contributed by atoms with Crippen molar-refractivity contribution in [3.63, 3.8) is 0 Å². The van der Waals surface area contributed by atoms with E-state index in [1.54, 1.807) is 0 Å². The Hall–Kier alpha value is -1.63. The SMILES string of the molecule is Cc1c(S(=O)(=O)NC2COC2)cc(-c2cc(C(C)(C)C)cc(C(C)(C)C)c2)n1CC1CCCC1. The quantitative estimate of drug-likeness (QED) is 0.551. The molecule has 1 saturated carbocycles. The van der Waals surface area contributed by atoms with Gasteiger partial charge < -0.3 is 9.30 Å². The number of ether oxygens (including phenoxy) is 1. The molecule has 1 N–H and O–H groups in total. The maximum atomic E-state index is 13.4. The molecule has 1 aliphatic carbocycles. The van der Waals surface area contributed by atoms with Crippen LogP contribution in [0.4, 0.5) is 0 Å². The summed E-state index contributed by atoms with van der Waals surface area (Å²) >= 11 is 0. The molecule has 0 spiro atoms. The topological polar surface area (TPSA) is 60.3 Å². The van der Waals surface area contributed by atoms with Crippen LogP contribution in [0.5, 0.6) is 0 Å². The molecular weight excluding hydrogens is 444 g/mol. The predicted octanol–water partition coefficient (Wildman–Crippen LogP) is 5.93. The van der Waals surface area contributed by atoms with Crippen molar-refractivity contribution >= 4 is 10.0 Å². The molecule has 0 amide bonds. The first-order valence-corrected chi connectivity index (χ1v) is 14.2. The molecule has 2 aliphatic rings. The second-order valence-corrected chi connectivity index (χ2v) is 14.1. The normalized spacial score (nSPS) is 18.4. The van der Waals surface area contributed by atoms with Gasteiger partial charge in [0.05, 0.1) is 19.3 Å². The number of sulfonamides is 1. The van der Waals surface area contributed by atoms with Crippen molar-refractivity contribution in [3.05, 3.63) is 41.1 Å². The highest BCUT2D eigenvalue weighted by atomic mass is 32.2. The average molecular weight is 487 g/mol. The summed E-state index contributed by atoms with van der Waals surface area (Å²) in [5.41, 5.74) is 5.47. The van der Waals surface area contributed by atoms with Crippen LogP contribution in [0.25, 0.3) is 11.3 Å². The van der Waals surface area contributed by atoms with E-state index in [0.717, 1.165) is 23.5 Å². The number of rotatable bonds is 6. The van der Waals surface area contributed by atoms with E-state index < -0.39 is 10.0 Å². The lowest BCUT2D eigenvalue weighted by Gasteiger charge is -2.27. The minimum atomic E-state index is -3.62. The third-order valence-corrected chi connectivity index (χ3v) is 9.08. The van der Waals surface area contributed by atoms with Gasteiger partial charge in [0.1, 0.15) is 4.90 Å². The minimum Gasteiger partial charge on any atom is -0.378 e. The lowest BCUT2D eigenvalue weighted by Crippen LogP contribution is -2.48. The number of nitrogens with zero attached hydrogens (tertiary/aromatic N) is 1. The van der Waals surface area contributed by atoms with E-state index in [1.807, 2.05) is 13.0 Å². The van der Waals surface area contributed by atoms with Crippen LogP contribution in [0.15, 0.2) is 29.2 Å². The van der Waals surface area contributed by atoms with E-state index >= 15 is 0 Å². The summed E-state index contributed by atoms with van der Waals surface area (Å²) in [7, 11) is -3.62. The lowest BCUT2D eigenvalue weighted by atomic mass is 9.79. The molecule has 34 heavy (non-hydrogen) atoms. The lowest BCUT2D eigenvalue weighted by molar-refractivity contribution is 0.00481. The summed E-state index contributed by atoms with van der Waals surface area (Å²) in [5.74, 6) is 0.598. The maximum absolute atomic E-state index is 13.4. The van der Waals surface area contributed by atoms with Gasteiger partial charge in [-0.1, -0.05) is 60.5 Å². The van der Waals surface area contributed by atoms with Crippen molar-refractivity contribution < 1.29 is 13.2 Å². The van der Waals surface area contributed by atoms with E-state index in [-0.39, 0.29) is 16.9 Å². The number of hydrogen-bond donors (Lipinski definition) is 1. The van der Waals surface area contributed by atoms with E-state index in [2.05, 4.69) is 69.0 Å². The summed E-state index contributed by atoms with van der Waals surface area (Å²) in [5, 5.41) is 0. The van der Waals surface area contributed by atoms with Crippen LogP contribution in [-0.2, 0) is 32.1 Å². The largest absolute Gasteiger partial charge is 0.378 e. The zero-order valence-electron chi connectivity index (χ0n) is 22.0. The molecule has 0 unspecified atom stereocenters. The Morgan fingerprint density at radius 1 is 0.941 bits per heavy atom. The Morgan fingerprint density at radius 2 is 1.50 bits per heavy atom. The van der Waals surface area contributed by atoms with E-state index in [0.29, 0.717) is 24.0 Å². The van der Waals surface area contributed by atoms with Crippen LogP contribution in [0, 0.1) is 12.8 Å². The molecule has 1 aromatic carbocycles. The van der Waals surface area contributed by atoms with Crippen LogP contribution in [-0.4, -0.2) is 32.2 Å². The van der Waals surface area contributed by atoms with Crippen LogP contribution in [0.3, 0.4) is 0 Å². The van der Waals surface area contributed by atoms with Gasteiger partial charge in [-0.2, -0.15) is 0 Å². The van der Waals surface area contributed by atoms with Crippen molar-refractivity contribution in [1.82, 2.24) is 9.29 Å². The monoisotopic (exact) mass is 486 g/mol. The zero-order chi connectivity index (χ0) is 24.9. The maximum Gasteiger partial charge on any atom is 0.242 e. The van der Waals surface area contributed by atoms with Crippen LogP contribution < -0.4 is 4.72 Å². The van der Waals surface area contributed by atoms with Crippen LogP contribution in [0.2, 0.25) is 0 Å². The van der Waals surface area contributed by atoms with Gasteiger partial charge in [0.15, 0.2) is 0 Å². The molecule has 2 fully saturated rings. The fourth-order valence-electron chi connectivity index (χ4n) is 5.05. The highest BCUT2D eigenvalue weighted by molar-refractivity contribution is 7.89. The van der Waals surface area contributed by atoms with Crippen molar-refractivity contribution in [1.29, 1.82) is 0 Å². The number of hydrogen-bond acceptors (Lipinski definition) is 3. The summed E-state index contributed by atoms with van der Waals surface area (Å²) in [6.07, 6.45) is 4.96. The first kappa shape index (κ1) is 25.5. The van der Waals surface area contributed by atoms with Crippen LogP contribution >= 0.6 is 0 Å². The Bertz CT molecular complexity index is 1110. The van der Waals surface area contributed by atoms with Crippen molar-refractivity contribution in [2.24, 2.45) is 5.92 Å².